The lowest BCUT2D eigenvalue weighted by Gasteiger charge is -2.11. The van der Waals surface area contributed by atoms with E-state index in [1.807, 2.05) is 0 Å². The molecule has 0 saturated heterocycles. The van der Waals surface area contributed by atoms with Crippen molar-refractivity contribution in [2.45, 2.75) is 18.7 Å². The predicted molar refractivity (Wildman–Crippen MR) is 58.7 cm³/mol. The first-order valence-corrected chi connectivity index (χ1v) is 6.44. The Morgan fingerprint density at radius 2 is 2.06 bits per heavy atom. The van der Waals surface area contributed by atoms with Crippen LogP contribution in [0.4, 0.5) is 8.78 Å². The quantitative estimate of drug-likeness (QED) is 0.826. The SMILES string of the molecule is CC(CO)S(=O)(=O)NCc1cc(F)ccc1F. The summed E-state index contributed by atoms with van der Waals surface area (Å²) in [6, 6.07) is 2.79. The fourth-order valence-electron chi connectivity index (χ4n) is 1.10. The van der Waals surface area contributed by atoms with E-state index in [0.717, 1.165) is 18.2 Å². The zero-order chi connectivity index (χ0) is 13.1. The minimum Gasteiger partial charge on any atom is -0.395 e. The van der Waals surface area contributed by atoms with Crippen LogP contribution in [0.3, 0.4) is 0 Å². The molecule has 4 nitrogen and oxygen atoms in total. The summed E-state index contributed by atoms with van der Waals surface area (Å²) in [5.74, 6) is -1.33. The summed E-state index contributed by atoms with van der Waals surface area (Å²) >= 11 is 0. The van der Waals surface area contributed by atoms with Gasteiger partial charge in [0, 0.05) is 12.1 Å². The third-order valence-electron chi connectivity index (χ3n) is 2.26. The van der Waals surface area contributed by atoms with Gasteiger partial charge >= 0.3 is 0 Å². The van der Waals surface area contributed by atoms with Crippen LogP contribution in [0.2, 0.25) is 0 Å². The monoisotopic (exact) mass is 265 g/mol. The third kappa shape index (κ3) is 3.72. The Balaban J connectivity index is 2.77. The normalized spacial score (nSPS) is 13.6. The van der Waals surface area contributed by atoms with E-state index in [1.54, 1.807) is 0 Å². The van der Waals surface area contributed by atoms with Gasteiger partial charge in [0.05, 0.1) is 11.9 Å². The van der Waals surface area contributed by atoms with Crippen molar-refractivity contribution in [3.05, 3.63) is 35.4 Å². The molecule has 0 saturated carbocycles. The van der Waals surface area contributed by atoms with Crippen molar-refractivity contribution in [3.8, 4) is 0 Å². The summed E-state index contributed by atoms with van der Waals surface area (Å²) in [5, 5.41) is 7.71. The van der Waals surface area contributed by atoms with Crippen LogP contribution < -0.4 is 4.72 Å². The number of sulfonamides is 1. The number of rotatable bonds is 5. The van der Waals surface area contributed by atoms with E-state index >= 15 is 0 Å². The highest BCUT2D eigenvalue weighted by atomic mass is 32.2. The molecule has 0 aromatic heterocycles. The van der Waals surface area contributed by atoms with Gasteiger partial charge in [0.2, 0.25) is 10.0 Å². The maximum atomic E-state index is 13.2. The van der Waals surface area contributed by atoms with Gasteiger partial charge in [0.15, 0.2) is 0 Å². The highest BCUT2D eigenvalue weighted by Crippen LogP contribution is 2.10. The van der Waals surface area contributed by atoms with Crippen molar-refractivity contribution in [3.63, 3.8) is 0 Å². The molecule has 7 heteroatoms. The standard InChI is InChI=1S/C10H13F2NO3S/c1-7(6-14)17(15,16)13-5-8-4-9(11)2-3-10(8)12/h2-4,7,13-14H,5-6H2,1H3. The molecule has 1 aromatic rings. The van der Waals surface area contributed by atoms with Crippen LogP contribution in [-0.2, 0) is 16.6 Å². The number of benzene rings is 1. The Kier molecular flexibility index (Phi) is 4.55. The summed E-state index contributed by atoms with van der Waals surface area (Å²) in [6.07, 6.45) is 0. The largest absolute Gasteiger partial charge is 0.395 e. The minimum absolute atomic E-state index is 0.0845. The van der Waals surface area contributed by atoms with Gasteiger partial charge in [-0.3, -0.25) is 0 Å². The maximum absolute atomic E-state index is 13.2. The molecule has 2 N–H and O–H groups in total. The molecule has 0 aliphatic rings. The van der Waals surface area contributed by atoms with Crippen LogP contribution in [0.15, 0.2) is 18.2 Å². The van der Waals surface area contributed by atoms with E-state index in [0.29, 0.717) is 0 Å². The molecule has 1 rings (SSSR count). The molecule has 0 heterocycles. The van der Waals surface area contributed by atoms with Crippen molar-refractivity contribution in [1.82, 2.24) is 4.72 Å². The van der Waals surface area contributed by atoms with Crippen molar-refractivity contribution in [2.75, 3.05) is 6.61 Å². The Hall–Kier alpha value is -1.05. The summed E-state index contributed by atoms with van der Waals surface area (Å²) in [5.41, 5.74) is -0.0845. The molecule has 1 unspecified atom stereocenters. The Morgan fingerprint density at radius 3 is 2.65 bits per heavy atom. The molecule has 0 radical (unpaired) electrons. The number of aliphatic hydroxyl groups is 1. The third-order valence-corrected chi connectivity index (χ3v) is 4.01. The fraction of sp³-hybridized carbons (Fsp3) is 0.400. The van der Waals surface area contributed by atoms with Gasteiger partial charge in [-0.2, -0.15) is 0 Å². The lowest BCUT2D eigenvalue weighted by atomic mass is 10.2. The van der Waals surface area contributed by atoms with Crippen LogP contribution in [0.5, 0.6) is 0 Å². The van der Waals surface area contributed by atoms with Crippen LogP contribution in [-0.4, -0.2) is 25.4 Å². The summed E-state index contributed by atoms with van der Waals surface area (Å²) in [6.45, 7) is 0.418. The highest BCUT2D eigenvalue weighted by Gasteiger charge is 2.19. The summed E-state index contributed by atoms with van der Waals surface area (Å²) in [7, 11) is -3.73. The van der Waals surface area contributed by atoms with Gasteiger partial charge in [-0.25, -0.2) is 21.9 Å². The van der Waals surface area contributed by atoms with Gasteiger partial charge in [-0.1, -0.05) is 0 Å². The second-order valence-corrected chi connectivity index (χ2v) is 5.78. The van der Waals surface area contributed by atoms with E-state index in [9.17, 15) is 17.2 Å². The average molecular weight is 265 g/mol. The first-order valence-electron chi connectivity index (χ1n) is 4.90. The average Bonchev–Trinajstić information content (AvgIpc) is 2.29. The van der Waals surface area contributed by atoms with E-state index < -0.39 is 33.5 Å². The smallest absolute Gasteiger partial charge is 0.216 e. The molecule has 1 aromatic carbocycles. The fourth-order valence-corrected chi connectivity index (χ4v) is 1.93. The zero-order valence-electron chi connectivity index (χ0n) is 9.15. The molecule has 0 bridgehead atoms. The van der Waals surface area contributed by atoms with Gasteiger partial charge < -0.3 is 5.11 Å². The number of aliphatic hydroxyl groups excluding tert-OH is 1. The van der Waals surface area contributed by atoms with Crippen molar-refractivity contribution < 1.29 is 22.3 Å². The molecular formula is C10H13F2NO3S. The van der Waals surface area contributed by atoms with Crippen LogP contribution >= 0.6 is 0 Å². The molecule has 0 amide bonds. The maximum Gasteiger partial charge on any atom is 0.216 e. The van der Waals surface area contributed by atoms with Gasteiger partial charge in [-0.15, -0.1) is 0 Å². The Labute approximate surface area is 98.3 Å². The summed E-state index contributed by atoms with van der Waals surface area (Å²) < 4.78 is 51.0. The molecule has 0 aliphatic carbocycles. The lowest BCUT2D eigenvalue weighted by molar-refractivity contribution is 0.294. The molecule has 1 atom stereocenters. The van der Waals surface area contributed by atoms with E-state index in [1.165, 1.54) is 6.92 Å². The van der Waals surface area contributed by atoms with Crippen molar-refractivity contribution >= 4 is 10.0 Å². The van der Waals surface area contributed by atoms with E-state index in [4.69, 9.17) is 5.11 Å². The predicted octanol–water partition coefficient (Wildman–Crippen LogP) is 0.765. The highest BCUT2D eigenvalue weighted by molar-refractivity contribution is 7.90. The molecule has 0 aliphatic heterocycles. The number of nitrogens with one attached hydrogen (secondary N) is 1. The zero-order valence-corrected chi connectivity index (χ0v) is 9.97. The second-order valence-electron chi connectivity index (χ2n) is 3.60. The molecule has 96 valence electrons. The first-order chi connectivity index (χ1) is 7.86. The summed E-state index contributed by atoms with van der Waals surface area (Å²) in [4.78, 5) is 0. The van der Waals surface area contributed by atoms with E-state index in [2.05, 4.69) is 4.72 Å². The number of hydrogen-bond donors (Lipinski definition) is 2. The first kappa shape index (κ1) is 14.0. The lowest BCUT2D eigenvalue weighted by Crippen LogP contribution is -2.34. The molecular weight excluding hydrogens is 252 g/mol. The topological polar surface area (TPSA) is 66.4 Å². The van der Waals surface area contributed by atoms with Gasteiger partial charge in [0.1, 0.15) is 11.6 Å². The number of halogens is 2. The van der Waals surface area contributed by atoms with Crippen LogP contribution in [0.1, 0.15) is 12.5 Å². The molecule has 17 heavy (non-hydrogen) atoms. The number of hydrogen-bond acceptors (Lipinski definition) is 3. The minimum atomic E-state index is -3.73. The van der Waals surface area contributed by atoms with Crippen LogP contribution in [0.25, 0.3) is 0 Å². The van der Waals surface area contributed by atoms with Gasteiger partial charge in [0.25, 0.3) is 0 Å². The molecule has 0 fully saturated rings. The Bertz CT molecular complexity index is 490. The van der Waals surface area contributed by atoms with Crippen LogP contribution in [0, 0.1) is 11.6 Å². The van der Waals surface area contributed by atoms with E-state index in [-0.39, 0.29) is 12.1 Å². The van der Waals surface area contributed by atoms with Gasteiger partial charge in [-0.05, 0) is 25.1 Å². The van der Waals surface area contributed by atoms with Crippen molar-refractivity contribution in [1.29, 1.82) is 0 Å². The van der Waals surface area contributed by atoms with Crippen molar-refractivity contribution in [2.24, 2.45) is 0 Å². The second kappa shape index (κ2) is 5.52. The molecule has 0 spiro atoms. The Morgan fingerprint density at radius 1 is 1.41 bits per heavy atom.